The van der Waals surface area contributed by atoms with E-state index in [-0.39, 0.29) is 61.8 Å². The van der Waals surface area contributed by atoms with E-state index in [9.17, 15) is 27.7 Å². The number of amides is 1. The number of rotatable bonds is 22. The van der Waals surface area contributed by atoms with Gasteiger partial charge in [-0.05, 0) is 66.6 Å². The highest BCUT2D eigenvalue weighted by Gasteiger charge is 2.44. The minimum Gasteiger partial charge on any atom is -0.481 e. The first-order chi connectivity index (χ1) is 29.8. The van der Waals surface area contributed by atoms with Crippen LogP contribution in [-0.2, 0) is 67.0 Å². The number of esters is 1. The Bertz CT molecular complexity index is 2190. The number of nitrogens with zero attached hydrogens (tertiary/aromatic N) is 2. The molecule has 0 spiro atoms. The summed E-state index contributed by atoms with van der Waals surface area (Å²) >= 11 is 0. The number of carbonyl (C=O) groups excluding carboxylic acids is 2. The lowest BCUT2D eigenvalue weighted by Gasteiger charge is -2.31. The van der Waals surface area contributed by atoms with Gasteiger partial charge in [0.15, 0.2) is 18.7 Å². The summed E-state index contributed by atoms with van der Waals surface area (Å²) in [6.07, 6.45) is -1.55. The molecule has 2 aliphatic rings. The Morgan fingerprint density at radius 2 is 1.60 bits per heavy atom. The molecule has 2 N–H and O–H groups in total. The van der Waals surface area contributed by atoms with E-state index in [0.29, 0.717) is 18.6 Å². The lowest BCUT2D eigenvalue weighted by molar-refractivity contribution is -0.153. The number of fused-ring (bicyclic) bond motifs is 1. The summed E-state index contributed by atoms with van der Waals surface area (Å²) in [4.78, 5) is 30.2. The second-order valence-electron chi connectivity index (χ2n) is 15.5. The lowest BCUT2D eigenvalue weighted by atomic mass is 10.0. The average molecular weight is 896 g/mol. The van der Waals surface area contributed by atoms with Gasteiger partial charge in [-0.1, -0.05) is 86.6 Å². The van der Waals surface area contributed by atoms with Crippen molar-refractivity contribution in [3.63, 3.8) is 0 Å². The van der Waals surface area contributed by atoms with Crippen molar-refractivity contribution >= 4 is 29.7 Å². The van der Waals surface area contributed by atoms with Gasteiger partial charge in [0, 0.05) is 25.5 Å². The van der Waals surface area contributed by atoms with Gasteiger partial charge < -0.3 is 38.6 Å². The van der Waals surface area contributed by atoms with E-state index in [1.54, 1.807) is 36.4 Å². The van der Waals surface area contributed by atoms with Crippen LogP contribution in [0.4, 0.5) is 4.79 Å². The number of sulfonamides is 1. The SMILES string of the molecule is CC(C)CN(C[C@@H](O)[C@H](Cc1ccc(OCP(=O)(OCc2ccccc2)O[C@@H](C)C(=O)OCc2ccccc2)cc1)NC(=O)O[C@H]1CO[C@H]2OCC[C@H]21)S(=O)(=O)c1cccnc1. The van der Waals surface area contributed by atoms with Crippen molar-refractivity contribution < 1.29 is 60.4 Å². The summed E-state index contributed by atoms with van der Waals surface area (Å²) in [7, 11) is -8.17. The van der Waals surface area contributed by atoms with Crippen LogP contribution in [-0.4, -0.2) is 98.2 Å². The van der Waals surface area contributed by atoms with Crippen LogP contribution in [0.3, 0.4) is 0 Å². The molecule has 6 rings (SSSR count). The van der Waals surface area contributed by atoms with Crippen LogP contribution in [0.5, 0.6) is 5.75 Å². The summed E-state index contributed by atoms with van der Waals surface area (Å²) in [6.45, 7) is 5.48. The first-order valence-electron chi connectivity index (χ1n) is 20.4. The van der Waals surface area contributed by atoms with E-state index < -0.39 is 66.7 Å². The molecule has 1 amide bonds. The molecular weight excluding hydrogens is 842 g/mol. The molecule has 1 unspecified atom stereocenters. The summed E-state index contributed by atoms with van der Waals surface area (Å²) in [5.74, 6) is -0.664. The Balaban J connectivity index is 1.14. The molecule has 3 heterocycles. The van der Waals surface area contributed by atoms with E-state index in [1.807, 2.05) is 62.4 Å². The number of aliphatic hydroxyl groups excluding tert-OH is 1. The molecule has 4 aromatic rings. The highest BCUT2D eigenvalue weighted by Crippen LogP contribution is 2.50. The van der Waals surface area contributed by atoms with Gasteiger partial charge in [0.1, 0.15) is 23.4 Å². The number of hydrogen-bond acceptors (Lipinski definition) is 14. The maximum atomic E-state index is 14.1. The summed E-state index contributed by atoms with van der Waals surface area (Å²) < 4.78 is 82.6. The zero-order valence-corrected chi connectivity index (χ0v) is 36.6. The van der Waals surface area contributed by atoms with Crippen molar-refractivity contribution in [1.29, 1.82) is 0 Å². The molecule has 2 saturated heterocycles. The predicted octanol–water partition coefficient (Wildman–Crippen LogP) is 6.08. The van der Waals surface area contributed by atoms with Gasteiger partial charge in [-0.2, -0.15) is 4.31 Å². The molecule has 18 heteroatoms. The highest BCUT2D eigenvalue weighted by atomic mass is 32.2. The van der Waals surface area contributed by atoms with Crippen LogP contribution in [0.2, 0.25) is 0 Å². The Kier molecular flexibility index (Phi) is 16.7. The van der Waals surface area contributed by atoms with E-state index in [1.165, 1.54) is 35.8 Å². The van der Waals surface area contributed by atoms with Gasteiger partial charge in [-0.15, -0.1) is 0 Å². The fourth-order valence-corrected chi connectivity index (χ4v) is 9.92. The molecule has 0 radical (unpaired) electrons. The number of pyridine rings is 1. The van der Waals surface area contributed by atoms with Crippen LogP contribution >= 0.6 is 7.60 Å². The molecule has 0 bridgehead atoms. The molecule has 2 fully saturated rings. The fraction of sp³-hybridized carbons (Fsp3) is 0.432. The number of hydrogen-bond donors (Lipinski definition) is 2. The van der Waals surface area contributed by atoms with Crippen molar-refractivity contribution in [2.75, 3.05) is 32.7 Å². The molecule has 334 valence electrons. The normalized spacial score (nSPS) is 19.9. The Hall–Kier alpha value is -4.71. The topological polar surface area (TPSA) is 198 Å². The van der Waals surface area contributed by atoms with Crippen molar-refractivity contribution in [1.82, 2.24) is 14.6 Å². The molecule has 0 aliphatic carbocycles. The van der Waals surface area contributed by atoms with Gasteiger partial charge in [0.25, 0.3) is 0 Å². The standard InChI is InChI=1S/C44H54N3O13PS/c1-31(2)25-47(62(52,53)37-15-10-21-45-24-37)26-40(48)39(46-44(50)59-41-29-56-43-38(41)20-22-54-43)23-33-16-18-36(19-17-33)57-30-61(51,58-28-35-13-8-5-9-14-35)60-32(3)42(49)55-27-34-11-6-4-7-12-34/h4-19,21,24,31-32,38-41,43,48H,20,22-23,25-30H2,1-3H3,(H,46,50)/t32-,38-,39-,40+,41-,43+,61?/m0/s1. The molecule has 16 nitrogen and oxygen atoms in total. The number of alkyl carbamates (subject to hydrolysis) is 1. The Labute approximate surface area is 362 Å². The van der Waals surface area contributed by atoms with Crippen molar-refractivity contribution in [2.45, 2.75) is 82.4 Å². The van der Waals surface area contributed by atoms with Crippen LogP contribution in [0, 0.1) is 11.8 Å². The smallest absolute Gasteiger partial charge is 0.407 e. The number of benzene rings is 3. The number of aliphatic hydroxyl groups is 1. The number of carbonyl (C=O) groups is 2. The fourth-order valence-electron chi connectivity index (χ4n) is 6.92. The van der Waals surface area contributed by atoms with Crippen LogP contribution < -0.4 is 10.1 Å². The monoisotopic (exact) mass is 895 g/mol. The molecule has 7 atom stereocenters. The lowest BCUT2D eigenvalue weighted by Crippen LogP contribution is -2.51. The van der Waals surface area contributed by atoms with Gasteiger partial charge in [-0.25, -0.2) is 18.0 Å². The van der Waals surface area contributed by atoms with Crippen LogP contribution in [0.1, 0.15) is 43.9 Å². The third-order valence-corrected chi connectivity index (χ3v) is 13.6. The minimum absolute atomic E-state index is 0.00643. The van der Waals surface area contributed by atoms with Gasteiger partial charge in [-0.3, -0.25) is 14.1 Å². The Morgan fingerprint density at radius 1 is 0.903 bits per heavy atom. The molecule has 1 aromatic heterocycles. The van der Waals surface area contributed by atoms with E-state index >= 15 is 0 Å². The first kappa shape index (κ1) is 46.8. The number of nitrogens with one attached hydrogen (secondary N) is 1. The summed E-state index contributed by atoms with van der Waals surface area (Å²) in [6, 6.07) is 26.7. The predicted molar refractivity (Wildman–Crippen MR) is 226 cm³/mol. The molecule has 3 aromatic carbocycles. The largest absolute Gasteiger partial charge is 0.481 e. The zero-order valence-electron chi connectivity index (χ0n) is 34.9. The first-order valence-corrected chi connectivity index (χ1v) is 23.6. The van der Waals surface area contributed by atoms with E-state index in [0.717, 1.165) is 11.1 Å². The third kappa shape index (κ3) is 13.4. The summed E-state index contributed by atoms with van der Waals surface area (Å²) in [5.41, 5.74) is 2.14. The van der Waals surface area contributed by atoms with Crippen LogP contribution in [0.25, 0.3) is 0 Å². The number of aromatic nitrogens is 1. The maximum absolute atomic E-state index is 14.1. The number of ether oxygens (including phenoxy) is 5. The van der Waals surface area contributed by atoms with Crippen molar-refractivity contribution in [3.8, 4) is 5.75 Å². The van der Waals surface area contributed by atoms with Crippen LogP contribution in [0.15, 0.2) is 114 Å². The Morgan fingerprint density at radius 3 is 2.26 bits per heavy atom. The van der Waals surface area contributed by atoms with Crippen molar-refractivity contribution in [3.05, 3.63) is 126 Å². The highest BCUT2D eigenvalue weighted by molar-refractivity contribution is 7.89. The molecule has 62 heavy (non-hydrogen) atoms. The van der Waals surface area contributed by atoms with E-state index in [4.69, 9.17) is 32.7 Å². The van der Waals surface area contributed by atoms with E-state index in [2.05, 4.69) is 10.3 Å². The molecule has 0 saturated carbocycles. The second-order valence-corrected chi connectivity index (χ2v) is 19.4. The quantitative estimate of drug-likeness (QED) is 0.0680. The minimum atomic E-state index is -4.09. The third-order valence-electron chi connectivity index (χ3n) is 10.2. The summed E-state index contributed by atoms with van der Waals surface area (Å²) in [5, 5.41) is 14.5. The zero-order chi connectivity index (χ0) is 44.1. The molecular formula is C44H54N3O13PS. The second kappa shape index (κ2) is 22.1. The van der Waals surface area contributed by atoms with Gasteiger partial charge >= 0.3 is 19.7 Å². The maximum Gasteiger partial charge on any atom is 0.407 e. The molecule has 2 aliphatic heterocycles. The van der Waals surface area contributed by atoms with Gasteiger partial charge in [0.2, 0.25) is 10.0 Å². The average Bonchev–Trinajstić information content (AvgIpc) is 3.90. The van der Waals surface area contributed by atoms with Gasteiger partial charge in [0.05, 0.1) is 37.9 Å². The van der Waals surface area contributed by atoms with Crippen molar-refractivity contribution in [2.24, 2.45) is 11.8 Å².